The number of halogens is 1. The first kappa shape index (κ1) is 18.8. The Labute approximate surface area is 151 Å². The van der Waals surface area contributed by atoms with Gasteiger partial charge in [0.2, 0.25) is 0 Å². The second-order valence-corrected chi connectivity index (χ2v) is 5.99. The van der Waals surface area contributed by atoms with Crippen molar-refractivity contribution in [2.45, 2.75) is 20.1 Å². The fourth-order valence-electron chi connectivity index (χ4n) is 2.14. The number of amides is 1. The Morgan fingerprint density at radius 1 is 1.40 bits per heavy atom. The Kier molecular flexibility index (Phi) is 6.38. The highest BCUT2D eigenvalue weighted by molar-refractivity contribution is 6.31. The van der Waals surface area contributed by atoms with Crippen molar-refractivity contribution < 1.29 is 14.7 Å². The van der Waals surface area contributed by atoms with Gasteiger partial charge in [-0.3, -0.25) is 15.3 Å². The number of carbonyl (C=O) groups is 1. The maximum Gasteiger partial charge on any atom is 0.407 e. The molecule has 0 unspecified atom stereocenters. The number of hydroxylamine groups is 1. The molecule has 7 heteroatoms. The molecule has 2 aromatic rings. The zero-order chi connectivity index (χ0) is 18.4. The lowest BCUT2D eigenvalue weighted by Crippen LogP contribution is -2.24. The summed E-state index contributed by atoms with van der Waals surface area (Å²) in [7, 11) is 1.48. The van der Waals surface area contributed by atoms with Crippen LogP contribution in [0, 0.1) is 6.92 Å². The van der Waals surface area contributed by atoms with E-state index in [0.29, 0.717) is 22.9 Å². The van der Waals surface area contributed by atoms with Crippen molar-refractivity contribution in [2.24, 2.45) is 0 Å². The number of nitrogens with one attached hydrogen (secondary N) is 1. The monoisotopic (exact) mass is 361 g/mol. The Hall–Kier alpha value is -2.57. The molecule has 0 saturated carbocycles. The van der Waals surface area contributed by atoms with E-state index in [-0.39, 0.29) is 6.54 Å². The fraction of sp³-hybridized carbons (Fsp3) is 0.222. The topological polar surface area (TPSA) is 74.7 Å². The maximum absolute atomic E-state index is 11.0. The molecule has 0 aliphatic carbocycles. The summed E-state index contributed by atoms with van der Waals surface area (Å²) in [6.45, 7) is 6.32. The molecule has 1 heterocycles. The maximum atomic E-state index is 11.0. The van der Waals surface area contributed by atoms with E-state index >= 15 is 0 Å². The zero-order valence-electron chi connectivity index (χ0n) is 14.1. The van der Waals surface area contributed by atoms with Gasteiger partial charge in [-0.2, -0.15) is 0 Å². The molecule has 0 radical (unpaired) electrons. The van der Waals surface area contributed by atoms with Crippen molar-refractivity contribution >= 4 is 23.4 Å². The Morgan fingerprint density at radius 3 is 2.84 bits per heavy atom. The van der Waals surface area contributed by atoms with Crippen LogP contribution in [0.2, 0.25) is 5.02 Å². The molecule has 0 bridgehead atoms. The van der Waals surface area contributed by atoms with Gasteiger partial charge in [-0.15, -0.1) is 0 Å². The molecule has 1 amide bonds. The lowest BCUT2D eigenvalue weighted by Gasteiger charge is -2.16. The van der Waals surface area contributed by atoms with E-state index < -0.39 is 6.09 Å². The Balaban J connectivity index is 1.98. The van der Waals surface area contributed by atoms with Crippen molar-refractivity contribution in [1.82, 2.24) is 15.4 Å². The van der Waals surface area contributed by atoms with Crippen LogP contribution in [0.25, 0.3) is 5.70 Å². The van der Waals surface area contributed by atoms with E-state index in [0.717, 1.165) is 21.9 Å². The minimum atomic E-state index is -1.02. The number of aryl methyl sites for hydroxylation is 1. The van der Waals surface area contributed by atoms with E-state index in [4.69, 9.17) is 21.5 Å². The third kappa shape index (κ3) is 5.48. The highest BCUT2D eigenvalue weighted by Gasteiger charge is 2.11. The number of carboxylic acid groups (broad SMARTS) is 1. The van der Waals surface area contributed by atoms with Crippen LogP contribution in [0.1, 0.15) is 22.5 Å². The first-order valence-corrected chi connectivity index (χ1v) is 7.96. The third-order valence-corrected chi connectivity index (χ3v) is 3.86. The average Bonchev–Trinajstić information content (AvgIpc) is 2.56. The largest absolute Gasteiger partial charge is 0.465 e. The number of rotatable bonds is 7. The van der Waals surface area contributed by atoms with Gasteiger partial charge in [0.25, 0.3) is 0 Å². The van der Waals surface area contributed by atoms with E-state index in [9.17, 15) is 4.79 Å². The van der Waals surface area contributed by atoms with Gasteiger partial charge in [-0.1, -0.05) is 30.3 Å². The van der Waals surface area contributed by atoms with Crippen LogP contribution in [0.4, 0.5) is 4.79 Å². The van der Waals surface area contributed by atoms with Crippen LogP contribution in [-0.2, 0) is 18.0 Å². The second kappa shape index (κ2) is 8.50. The molecule has 0 atom stereocenters. The summed E-state index contributed by atoms with van der Waals surface area (Å²) in [5.41, 5.74) is 6.50. The minimum Gasteiger partial charge on any atom is -0.465 e. The standard InChI is InChI=1S/C18H20ClN3O3/c1-12-5-4-6-16(20-12)11-25-21-13(2)14-7-8-17(19)15(9-14)10-22(3)18(23)24/h4-9,21H,2,10-11H2,1,3H3,(H,23,24). The molecule has 25 heavy (non-hydrogen) atoms. The molecule has 0 fully saturated rings. The number of nitrogens with zero attached hydrogens (tertiary/aromatic N) is 2. The zero-order valence-corrected chi connectivity index (χ0v) is 14.9. The number of hydrogen-bond donors (Lipinski definition) is 2. The highest BCUT2D eigenvalue weighted by atomic mass is 35.5. The minimum absolute atomic E-state index is 0.184. The highest BCUT2D eigenvalue weighted by Crippen LogP contribution is 2.22. The molecule has 132 valence electrons. The van der Waals surface area contributed by atoms with Crippen molar-refractivity contribution in [3.8, 4) is 0 Å². The van der Waals surface area contributed by atoms with Crippen LogP contribution in [0.5, 0.6) is 0 Å². The van der Waals surface area contributed by atoms with Gasteiger partial charge in [0, 0.05) is 17.8 Å². The average molecular weight is 362 g/mol. The molecular formula is C18H20ClN3O3. The molecule has 0 spiro atoms. The van der Waals surface area contributed by atoms with Gasteiger partial charge in [0.05, 0.1) is 17.9 Å². The normalized spacial score (nSPS) is 10.4. The molecule has 2 rings (SSSR count). The molecular weight excluding hydrogens is 342 g/mol. The first-order valence-electron chi connectivity index (χ1n) is 7.59. The van der Waals surface area contributed by atoms with Gasteiger partial charge >= 0.3 is 6.09 Å². The lowest BCUT2D eigenvalue weighted by molar-refractivity contribution is 0.0625. The predicted molar refractivity (Wildman–Crippen MR) is 96.9 cm³/mol. The van der Waals surface area contributed by atoms with Gasteiger partial charge < -0.3 is 10.0 Å². The summed E-state index contributed by atoms with van der Waals surface area (Å²) in [5.74, 6) is 0. The Bertz CT molecular complexity index is 780. The van der Waals surface area contributed by atoms with Gasteiger partial charge in [0.1, 0.15) is 6.61 Å². The smallest absolute Gasteiger partial charge is 0.407 e. The van der Waals surface area contributed by atoms with Crippen molar-refractivity contribution in [3.63, 3.8) is 0 Å². The van der Waals surface area contributed by atoms with Crippen LogP contribution < -0.4 is 5.48 Å². The summed E-state index contributed by atoms with van der Waals surface area (Å²) >= 11 is 6.14. The predicted octanol–water partition coefficient (Wildman–Crippen LogP) is 3.85. The fourth-order valence-corrected chi connectivity index (χ4v) is 2.32. The molecule has 2 N–H and O–H groups in total. The van der Waals surface area contributed by atoms with E-state index in [2.05, 4.69) is 17.0 Å². The number of benzene rings is 1. The van der Waals surface area contributed by atoms with Gasteiger partial charge in [-0.25, -0.2) is 4.79 Å². The molecule has 6 nitrogen and oxygen atoms in total. The summed E-state index contributed by atoms with van der Waals surface area (Å²) in [6, 6.07) is 11.0. The SMILES string of the molecule is C=C(NOCc1cccc(C)n1)c1ccc(Cl)c(CN(C)C(=O)O)c1. The molecule has 0 saturated heterocycles. The van der Waals surface area contributed by atoms with Crippen molar-refractivity contribution in [3.05, 3.63) is 70.5 Å². The van der Waals surface area contributed by atoms with E-state index in [1.807, 2.05) is 25.1 Å². The lowest BCUT2D eigenvalue weighted by atomic mass is 10.1. The van der Waals surface area contributed by atoms with Crippen LogP contribution in [-0.4, -0.2) is 28.1 Å². The van der Waals surface area contributed by atoms with Crippen molar-refractivity contribution in [1.29, 1.82) is 0 Å². The molecule has 1 aromatic carbocycles. The summed E-state index contributed by atoms with van der Waals surface area (Å²) in [6.07, 6.45) is -1.02. The summed E-state index contributed by atoms with van der Waals surface area (Å²) in [4.78, 5) is 21.9. The van der Waals surface area contributed by atoms with Gasteiger partial charge in [-0.05, 0) is 42.3 Å². The van der Waals surface area contributed by atoms with E-state index in [1.54, 1.807) is 18.2 Å². The van der Waals surface area contributed by atoms with Crippen LogP contribution in [0.3, 0.4) is 0 Å². The summed E-state index contributed by atoms with van der Waals surface area (Å²) < 4.78 is 0. The molecule has 0 aliphatic rings. The summed E-state index contributed by atoms with van der Waals surface area (Å²) in [5, 5.41) is 9.48. The second-order valence-electron chi connectivity index (χ2n) is 5.58. The Morgan fingerprint density at radius 2 is 2.16 bits per heavy atom. The number of aromatic nitrogens is 1. The number of hydrogen-bond acceptors (Lipinski definition) is 4. The van der Waals surface area contributed by atoms with Gasteiger partial charge in [0.15, 0.2) is 0 Å². The molecule has 0 aliphatic heterocycles. The van der Waals surface area contributed by atoms with Crippen LogP contribution in [0.15, 0.2) is 43.0 Å². The quantitative estimate of drug-likeness (QED) is 0.733. The van der Waals surface area contributed by atoms with Crippen LogP contribution >= 0.6 is 11.6 Å². The number of pyridine rings is 1. The first-order chi connectivity index (χ1) is 11.9. The van der Waals surface area contributed by atoms with E-state index in [1.165, 1.54) is 7.05 Å². The molecule has 1 aromatic heterocycles. The third-order valence-electron chi connectivity index (χ3n) is 3.49. The van der Waals surface area contributed by atoms with Crippen molar-refractivity contribution in [2.75, 3.05) is 7.05 Å².